The summed E-state index contributed by atoms with van der Waals surface area (Å²) < 4.78 is 11.4. The molecular formula is C26H28N6O3. The molecule has 2 aromatic heterocycles. The highest BCUT2D eigenvalue weighted by Crippen LogP contribution is 2.36. The van der Waals surface area contributed by atoms with Gasteiger partial charge in [0.05, 0.1) is 37.9 Å². The number of likely N-dealkylation sites (N-methyl/N-ethyl adjacent to an activating group) is 2. The van der Waals surface area contributed by atoms with Crippen LogP contribution in [0.15, 0.2) is 48.8 Å². The van der Waals surface area contributed by atoms with Gasteiger partial charge in [-0.3, -0.25) is 9.89 Å². The average Bonchev–Trinajstić information content (AvgIpc) is 3.42. The van der Waals surface area contributed by atoms with Gasteiger partial charge in [-0.15, -0.1) is 0 Å². The van der Waals surface area contributed by atoms with E-state index in [2.05, 4.69) is 10.2 Å². The molecular weight excluding hydrogens is 444 g/mol. The number of carbonyl (C=O) groups excluding carboxylic acids is 1. The van der Waals surface area contributed by atoms with Crippen LogP contribution in [0, 0.1) is 0 Å². The van der Waals surface area contributed by atoms with Crippen LogP contribution in [0.4, 0.5) is 5.82 Å². The predicted octanol–water partition coefficient (Wildman–Crippen LogP) is 3.27. The number of hydrogen-bond acceptors (Lipinski definition) is 7. The van der Waals surface area contributed by atoms with E-state index in [1.165, 1.54) is 0 Å². The van der Waals surface area contributed by atoms with E-state index >= 15 is 0 Å². The van der Waals surface area contributed by atoms with Crippen LogP contribution in [0.3, 0.4) is 0 Å². The van der Waals surface area contributed by atoms with Crippen LogP contribution in [-0.2, 0) is 11.2 Å². The topological polar surface area (TPSA) is 96.5 Å². The Morgan fingerprint density at radius 1 is 1.14 bits per heavy atom. The second-order valence-electron chi connectivity index (χ2n) is 8.95. The van der Waals surface area contributed by atoms with Gasteiger partial charge in [-0.05, 0) is 47.9 Å². The van der Waals surface area contributed by atoms with Crippen molar-refractivity contribution in [1.29, 1.82) is 0 Å². The van der Waals surface area contributed by atoms with Crippen LogP contribution in [0.2, 0.25) is 0 Å². The molecule has 9 heteroatoms. The molecule has 1 N–H and O–H groups in total. The lowest BCUT2D eigenvalue weighted by molar-refractivity contribution is -0.127. The zero-order valence-corrected chi connectivity index (χ0v) is 20.3. The van der Waals surface area contributed by atoms with Crippen LogP contribution in [0.5, 0.6) is 11.5 Å². The zero-order chi connectivity index (χ0) is 24.5. The maximum atomic E-state index is 12.5. The fourth-order valence-electron chi connectivity index (χ4n) is 4.27. The number of aromatic amines is 1. The first-order chi connectivity index (χ1) is 16.9. The Bertz CT molecular complexity index is 1370. The number of methoxy groups -OCH3 is 1. The second-order valence-corrected chi connectivity index (χ2v) is 8.95. The molecule has 0 saturated heterocycles. The standard InChI is InChI=1S/C26H28N6O3/c1-31(2)24(33)14-32(3)26-21-11-16(19-12-27-28-13-19)5-7-22(21)29-25(30-26)18-9-17-10-20(34-4)6-8-23(17)35-15-18/h5-8,10-13,18H,9,14-15H2,1-4H3,(H,27,28)/t18-/m0/s1. The number of hydrogen-bond donors (Lipinski definition) is 1. The zero-order valence-electron chi connectivity index (χ0n) is 20.3. The molecule has 1 amide bonds. The van der Waals surface area contributed by atoms with Crippen molar-refractivity contribution < 1.29 is 14.3 Å². The Kier molecular flexibility index (Phi) is 5.98. The van der Waals surface area contributed by atoms with Gasteiger partial charge in [0.15, 0.2) is 0 Å². The van der Waals surface area contributed by atoms with Crippen molar-refractivity contribution in [3.05, 3.63) is 60.2 Å². The highest BCUT2D eigenvalue weighted by atomic mass is 16.5. The summed E-state index contributed by atoms with van der Waals surface area (Å²) in [6.07, 6.45) is 4.37. The molecule has 5 rings (SSSR count). The first kappa shape index (κ1) is 22.6. The van der Waals surface area contributed by atoms with Gasteiger partial charge in [-0.2, -0.15) is 5.10 Å². The molecule has 0 aliphatic carbocycles. The molecule has 1 aliphatic heterocycles. The van der Waals surface area contributed by atoms with Gasteiger partial charge in [-0.25, -0.2) is 9.97 Å². The van der Waals surface area contributed by atoms with E-state index in [0.29, 0.717) is 18.2 Å². The smallest absolute Gasteiger partial charge is 0.241 e. The Labute approximate surface area is 203 Å². The van der Waals surface area contributed by atoms with E-state index in [4.69, 9.17) is 19.4 Å². The molecule has 0 spiro atoms. The SMILES string of the molecule is COc1ccc2c(c1)C[C@H](c1nc(N(C)CC(=O)N(C)C)c3cc(-c4cn[nH]c4)ccc3n1)CO2. The number of nitrogens with one attached hydrogen (secondary N) is 1. The molecule has 0 bridgehead atoms. The number of H-pyrrole nitrogens is 1. The Morgan fingerprint density at radius 2 is 2.00 bits per heavy atom. The molecule has 3 heterocycles. The van der Waals surface area contributed by atoms with E-state index in [0.717, 1.165) is 45.5 Å². The number of ether oxygens (including phenoxy) is 2. The third-order valence-corrected chi connectivity index (χ3v) is 6.30. The molecule has 0 saturated carbocycles. The summed E-state index contributed by atoms with van der Waals surface area (Å²) in [5.41, 5.74) is 3.86. The third-order valence-electron chi connectivity index (χ3n) is 6.30. The number of anilines is 1. The molecule has 0 unspecified atom stereocenters. The summed E-state index contributed by atoms with van der Waals surface area (Å²) in [5, 5.41) is 7.79. The molecule has 4 aromatic rings. The van der Waals surface area contributed by atoms with Gasteiger partial charge in [-0.1, -0.05) is 6.07 Å². The Hall–Kier alpha value is -4.14. The van der Waals surface area contributed by atoms with Crippen molar-refractivity contribution in [3.8, 4) is 22.6 Å². The summed E-state index contributed by atoms with van der Waals surface area (Å²) in [6, 6.07) is 11.9. The summed E-state index contributed by atoms with van der Waals surface area (Å²) in [4.78, 5) is 25.9. The van der Waals surface area contributed by atoms with Crippen molar-refractivity contribution in [1.82, 2.24) is 25.1 Å². The molecule has 0 fully saturated rings. The highest BCUT2D eigenvalue weighted by Gasteiger charge is 2.26. The number of nitrogens with zero attached hydrogens (tertiary/aromatic N) is 5. The summed E-state index contributed by atoms with van der Waals surface area (Å²) in [6.45, 7) is 0.688. The number of rotatable bonds is 6. The monoisotopic (exact) mass is 472 g/mol. The van der Waals surface area contributed by atoms with Crippen molar-refractivity contribution >= 4 is 22.6 Å². The van der Waals surface area contributed by atoms with Crippen molar-refractivity contribution in [2.24, 2.45) is 0 Å². The van der Waals surface area contributed by atoms with Crippen LogP contribution >= 0.6 is 0 Å². The van der Waals surface area contributed by atoms with Gasteiger partial charge in [0, 0.05) is 38.3 Å². The van der Waals surface area contributed by atoms with Crippen LogP contribution in [0.25, 0.3) is 22.0 Å². The normalized spacial score (nSPS) is 14.8. The molecule has 0 radical (unpaired) electrons. The summed E-state index contributed by atoms with van der Waals surface area (Å²) in [7, 11) is 7.04. The first-order valence-corrected chi connectivity index (χ1v) is 11.4. The van der Waals surface area contributed by atoms with Crippen molar-refractivity contribution in [2.45, 2.75) is 12.3 Å². The fourth-order valence-corrected chi connectivity index (χ4v) is 4.27. The predicted molar refractivity (Wildman–Crippen MR) is 134 cm³/mol. The van der Waals surface area contributed by atoms with E-state index in [1.54, 1.807) is 32.3 Å². The Balaban J connectivity index is 1.57. The minimum absolute atomic E-state index is 0.00572. The van der Waals surface area contributed by atoms with E-state index in [9.17, 15) is 4.79 Å². The largest absolute Gasteiger partial charge is 0.497 e. The molecule has 1 atom stereocenters. The summed E-state index contributed by atoms with van der Waals surface area (Å²) in [5.74, 6) is 3.03. The second kappa shape index (κ2) is 9.25. The number of benzene rings is 2. The van der Waals surface area contributed by atoms with E-state index in [-0.39, 0.29) is 18.4 Å². The van der Waals surface area contributed by atoms with Crippen molar-refractivity contribution in [3.63, 3.8) is 0 Å². The van der Waals surface area contributed by atoms with Gasteiger partial charge >= 0.3 is 0 Å². The summed E-state index contributed by atoms with van der Waals surface area (Å²) >= 11 is 0. The minimum atomic E-state index is -0.0238. The maximum Gasteiger partial charge on any atom is 0.241 e. The van der Waals surface area contributed by atoms with Gasteiger partial charge in [0.2, 0.25) is 5.91 Å². The number of amides is 1. The number of fused-ring (bicyclic) bond motifs is 2. The fraction of sp³-hybridized carbons (Fsp3) is 0.308. The molecule has 180 valence electrons. The lowest BCUT2D eigenvalue weighted by Gasteiger charge is -2.27. The van der Waals surface area contributed by atoms with Crippen LogP contribution in [-0.4, -0.2) is 72.4 Å². The van der Waals surface area contributed by atoms with Crippen LogP contribution in [0.1, 0.15) is 17.3 Å². The average molecular weight is 473 g/mol. The lowest BCUT2D eigenvalue weighted by Crippen LogP contribution is -2.35. The van der Waals surface area contributed by atoms with E-state index in [1.807, 2.05) is 54.5 Å². The lowest BCUT2D eigenvalue weighted by atomic mass is 9.95. The number of carbonyl (C=O) groups is 1. The van der Waals surface area contributed by atoms with E-state index < -0.39 is 0 Å². The molecule has 35 heavy (non-hydrogen) atoms. The molecule has 9 nitrogen and oxygen atoms in total. The first-order valence-electron chi connectivity index (χ1n) is 11.4. The van der Waals surface area contributed by atoms with Crippen molar-refractivity contribution in [2.75, 3.05) is 46.3 Å². The van der Waals surface area contributed by atoms with Gasteiger partial charge in [0.25, 0.3) is 0 Å². The maximum absolute atomic E-state index is 12.5. The van der Waals surface area contributed by atoms with Gasteiger partial charge in [0.1, 0.15) is 23.1 Å². The van der Waals surface area contributed by atoms with Crippen LogP contribution < -0.4 is 14.4 Å². The third kappa shape index (κ3) is 4.49. The quantitative estimate of drug-likeness (QED) is 0.460. The molecule has 1 aliphatic rings. The van der Waals surface area contributed by atoms with Gasteiger partial charge < -0.3 is 19.3 Å². The Morgan fingerprint density at radius 3 is 2.74 bits per heavy atom. The minimum Gasteiger partial charge on any atom is -0.497 e. The number of aromatic nitrogens is 4. The molecule has 2 aromatic carbocycles. The highest BCUT2D eigenvalue weighted by molar-refractivity contribution is 5.94.